The van der Waals surface area contributed by atoms with Crippen molar-refractivity contribution in [2.24, 2.45) is 7.05 Å². The van der Waals surface area contributed by atoms with Crippen molar-refractivity contribution in [3.63, 3.8) is 0 Å². The van der Waals surface area contributed by atoms with Gasteiger partial charge in [0.1, 0.15) is 23.9 Å². The van der Waals surface area contributed by atoms with Gasteiger partial charge in [-0.3, -0.25) is 4.79 Å². The first kappa shape index (κ1) is 22.5. The van der Waals surface area contributed by atoms with Crippen LogP contribution in [0.2, 0.25) is 5.02 Å². The molecule has 33 heavy (non-hydrogen) atoms. The van der Waals surface area contributed by atoms with Crippen LogP contribution < -0.4 is 20.8 Å². The molecule has 2 heterocycles. The molecule has 3 aromatic rings. The number of amides is 1. The number of hydrogen-bond donors (Lipinski definition) is 1. The highest BCUT2D eigenvalue weighted by Crippen LogP contribution is 2.40. The molecule has 1 aromatic heterocycles. The second-order valence-corrected chi connectivity index (χ2v) is 8.02. The topological polar surface area (TPSA) is 96.0 Å². The quantitative estimate of drug-likeness (QED) is 0.529. The van der Waals surface area contributed by atoms with E-state index in [-0.39, 0.29) is 31.9 Å². The van der Waals surface area contributed by atoms with Crippen molar-refractivity contribution in [1.82, 2.24) is 9.47 Å². The van der Waals surface area contributed by atoms with Crippen LogP contribution in [0.1, 0.15) is 12.5 Å². The average molecular weight is 470 g/mol. The zero-order chi connectivity index (χ0) is 23.5. The van der Waals surface area contributed by atoms with Gasteiger partial charge < -0.3 is 29.4 Å². The molecule has 0 bridgehead atoms. The number of nitrogens with two attached hydrogens (primary N) is 1. The molecule has 2 N–H and O–H groups in total. The molecule has 172 valence electrons. The Labute approximate surface area is 196 Å². The summed E-state index contributed by atoms with van der Waals surface area (Å²) in [6, 6.07) is 11.9. The number of hydrogen-bond acceptors (Lipinski definition) is 6. The van der Waals surface area contributed by atoms with Gasteiger partial charge in [0.15, 0.2) is 0 Å². The van der Waals surface area contributed by atoms with Crippen molar-refractivity contribution >= 4 is 23.4 Å². The Hall–Kier alpha value is -3.65. The van der Waals surface area contributed by atoms with Gasteiger partial charge in [0.05, 0.1) is 19.7 Å². The number of carbonyl (C=O) groups excluding carboxylic acids is 1. The first-order valence-electron chi connectivity index (χ1n) is 10.5. The number of rotatable bonds is 1. The summed E-state index contributed by atoms with van der Waals surface area (Å²) in [5.41, 5.74) is 8.40. The highest BCUT2D eigenvalue weighted by atomic mass is 35.5. The monoisotopic (exact) mass is 469 g/mol. The van der Waals surface area contributed by atoms with Gasteiger partial charge in [0.2, 0.25) is 0 Å². The molecule has 0 radical (unpaired) electrons. The van der Waals surface area contributed by atoms with Crippen LogP contribution in [0.4, 0.5) is 10.5 Å². The minimum atomic E-state index is -0.485. The van der Waals surface area contributed by atoms with E-state index in [9.17, 15) is 9.59 Å². The smallest absolute Gasteiger partial charge is 0.410 e. The van der Waals surface area contributed by atoms with E-state index >= 15 is 0 Å². The third kappa shape index (κ3) is 4.90. The zero-order valence-corrected chi connectivity index (χ0v) is 19.1. The maximum atomic E-state index is 12.6. The van der Waals surface area contributed by atoms with Gasteiger partial charge in [0.25, 0.3) is 5.56 Å². The van der Waals surface area contributed by atoms with E-state index in [4.69, 9.17) is 31.5 Å². The Kier molecular flexibility index (Phi) is 6.46. The van der Waals surface area contributed by atoms with Gasteiger partial charge in [0, 0.05) is 46.7 Å². The van der Waals surface area contributed by atoms with E-state index < -0.39 is 6.09 Å². The van der Waals surface area contributed by atoms with Gasteiger partial charge in [-0.2, -0.15) is 0 Å². The van der Waals surface area contributed by atoms with Crippen LogP contribution in [0.3, 0.4) is 0 Å². The standard InChI is InChI=1S/C24H24ClN3O5/c1-3-31-24(30)28-8-9-32-22-12-23(29)27(2)14-19(22)18-11-17(26)5-7-21(18)33-20-6-4-16(25)10-15(20)13-28/h4-7,10-12,14H,3,8-9,13,26H2,1-2H3. The molecule has 0 fully saturated rings. The molecule has 0 spiro atoms. The molecule has 0 saturated heterocycles. The Morgan fingerprint density at radius 2 is 1.91 bits per heavy atom. The number of anilines is 1. The Bertz CT molecular complexity index is 1260. The lowest BCUT2D eigenvalue weighted by molar-refractivity contribution is 0.0974. The predicted molar refractivity (Wildman–Crippen MR) is 126 cm³/mol. The summed E-state index contributed by atoms with van der Waals surface area (Å²) < 4.78 is 19.0. The third-order valence-corrected chi connectivity index (χ3v) is 5.47. The number of pyridine rings is 1. The molecule has 9 heteroatoms. The number of carbonyl (C=O) groups is 1. The first-order valence-corrected chi connectivity index (χ1v) is 10.8. The molecule has 4 rings (SSSR count). The predicted octanol–water partition coefficient (Wildman–Crippen LogP) is 4.43. The van der Waals surface area contributed by atoms with Crippen molar-refractivity contribution in [1.29, 1.82) is 0 Å². The summed E-state index contributed by atoms with van der Waals surface area (Å²) in [6.07, 6.45) is 1.19. The molecule has 1 amide bonds. The number of ether oxygens (including phenoxy) is 3. The van der Waals surface area contributed by atoms with Gasteiger partial charge in [-0.15, -0.1) is 0 Å². The van der Waals surface area contributed by atoms with Crippen LogP contribution in [-0.2, 0) is 18.3 Å². The number of aromatic nitrogens is 1. The van der Waals surface area contributed by atoms with E-state index in [0.717, 1.165) is 0 Å². The van der Waals surface area contributed by atoms with Crippen molar-refractivity contribution in [3.8, 4) is 28.4 Å². The zero-order valence-electron chi connectivity index (χ0n) is 18.3. The number of nitrogen functional groups attached to an aromatic ring is 1. The second-order valence-electron chi connectivity index (χ2n) is 7.58. The lowest BCUT2D eigenvalue weighted by atomic mass is 10.0. The molecule has 1 aliphatic rings. The summed E-state index contributed by atoms with van der Waals surface area (Å²) in [5, 5.41) is 0.516. The lowest BCUT2D eigenvalue weighted by Gasteiger charge is -2.25. The molecule has 0 aliphatic carbocycles. The fraction of sp³-hybridized carbons (Fsp3) is 0.250. The van der Waals surface area contributed by atoms with Crippen molar-refractivity contribution in [3.05, 3.63) is 69.6 Å². The summed E-state index contributed by atoms with van der Waals surface area (Å²) in [6.45, 7) is 2.55. The van der Waals surface area contributed by atoms with E-state index in [2.05, 4.69) is 0 Å². The lowest BCUT2D eigenvalue weighted by Crippen LogP contribution is -2.35. The molecular weight excluding hydrogens is 446 g/mol. The summed E-state index contributed by atoms with van der Waals surface area (Å²) >= 11 is 6.25. The largest absolute Gasteiger partial charge is 0.491 e. The number of halogens is 1. The van der Waals surface area contributed by atoms with Crippen LogP contribution in [0.15, 0.2) is 53.5 Å². The molecule has 0 unspecified atom stereocenters. The normalized spacial score (nSPS) is 13.2. The van der Waals surface area contributed by atoms with Crippen LogP contribution in [0, 0.1) is 0 Å². The highest BCUT2D eigenvalue weighted by Gasteiger charge is 2.22. The third-order valence-electron chi connectivity index (χ3n) is 5.23. The van der Waals surface area contributed by atoms with E-state index in [1.165, 1.54) is 15.5 Å². The summed E-state index contributed by atoms with van der Waals surface area (Å²) in [4.78, 5) is 26.4. The molecule has 0 atom stereocenters. The van der Waals surface area contributed by atoms with E-state index in [0.29, 0.717) is 44.6 Å². The van der Waals surface area contributed by atoms with Crippen LogP contribution >= 0.6 is 11.6 Å². The van der Waals surface area contributed by atoms with Crippen molar-refractivity contribution in [2.45, 2.75) is 13.5 Å². The average Bonchev–Trinajstić information content (AvgIpc) is 2.77. The number of benzene rings is 2. The number of nitrogens with zero attached hydrogens (tertiary/aromatic N) is 2. The fourth-order valence-corrected chi connectivity index (χ4v) is 3.79. The SMILES string of the molecule is CCOC(=O)N1CCOc2cc(=O)n(C)cc2-c2cc(N)ccc2Oc2ccc(Cl)cc2C1. The molecule has 0 saturated carbocycles. The van der Waals surface area contributed by atoms with Gasteiger partial charge in [-0.1, -0.05) is 11.6 Å². The molecule has 1 aliphatic heterocycles. The maximum Gasteiger partial charge on any atom is 0.410 e. The van der Waals surface area contributed by atoms with Crippen LogP contribution in [-0.4, -0.2) is 35.3 Å². The van der Waals surface area contributed by atoms with Gasteiger partial charge in [-0.25, -0.2) is 4.79 Å². The number of fused-ring (bicyclic) bond motifs is 4. The van der Waals surface area contributed by atoms with Crippen LogP contribution in [0.25, 0.3) is 11.1 Å². The second kappa shape index (κ2) is 9.46. The fourth-order valence-electron chi connectivity index (χ4n) is 3.59. The molecule has 8 nitrogen and oxygen atoms in total. The van der Waals surface area contributed by atoms with Gasteiger partial charge in [-0.05, 0) is 43.3 Å². The van der Waals surface area contributed by atoms with E-state index in [1.807, 2.05) is 0 Å². The number of aryl methyl sites for hydroxylation is 1. The summed E-state index contributed by atoms with van der Waals surface area (Å²) in [5.74, 6) is 1.42. The minimum absolute atomic E-state index is 0.146. The Balaban J connectivity index is 1.89. The molecule has 2 aromatic carbocycles. The highest BCUT2D eigenvalue weighted by molar-refractivity contribution is 6.30. The van der Waals surface area contributed by atoms with Crippen molar-refractivity contribution < 1.29 is 19.0 Å². The molecular formula is C24H24ClN3O5. The Morgan fingerprint density at radius 1 is 1.12 bits per heavy atom. The van der Waals surface area contributed by atoms with Crippen LogP contribution in [0.5, 0.6) is 17.2 Å². The minimum Gasteiger partial charge on any atom is -0.491 e. The first-order chi connectivity index (χ1) is 15.9. The van der Waals surface area contributed by atoms with E-state index in [1.54, 1.807) is 56.6 Å². The maximum absolute atomic E-state index is 12.6. The summed E-state index contributed by atoms with van der Waals surface area (Å²) in [7, 11) is 1.66. The van der Waals surface area contributed by atoms with Gasteiger partial charge >= 0.3 is 6.09 Å². The van der Waals surface area contributed by atoms with Crippen molar-refractivity contribution in [2.75, 3.05) is 25.5 Å². The Morgan fingerprint density at radius 3 is 2.70 bits per heavy atom.